The van der Waals surface area contributed by atoms with E-state index in [4.69, 9.17) is 16.3 Å². The van der Waals surface area contributed by atoms with Gasteiger partial charge in [0.1, 0.15) is 0 Å². The minimum Gasteiger partial charge on any atom is -0.476 e. The molecule has 1 saturated heterocycles. The van der Waals surface area contributed by atoms with E-state index < -0.39 is 5.97 Å². The van der Waals surface area contributed by atoms with Crippen LogP contribution >= 0.6 is 27.5 Å². The molecule has 0 aliphatic carbocycles. The average molecular weight is 436 g/mol. The number of morpholine rings is 1. The lowest BCUT2D eigenvalue weighted by atomic mass is 10.2. The maximum absolute atomic E-state index is 12.3. The van der Waals surface area contributed by atoms with Crippen LogP contribution in [0.4, 0.5) is 5.69 Å². The molecular formula is C19H16BrClN2O3. The Labute approximate surface area is 163 Å². The van der Waals surface area contributed by atoms with Crippen molar-refractivity contribution in [2.45, 2.75) is 0 Å². The molecule has 1 aliphatic rings. The van der Waals surface area contributed by atoms with Gasteiger partial charge >= 0.3 is 5.97 Å². The number of benzene rings is 2. The lowest BCUT2D eigenvalue weighted by Crippen LogP contribution is -2.37. The van der Waals surface area contributed by atoms with Crippen LogP contribution in [0.5, 0.6) is 0 Å². The third-order valence-corrected chi connectivity index (χ3v) is 5.72. The topological polar surface area (TPSA) is 54.7 Å². The largest absolute Gasteiger partial charge is 0.476 e. The van der Waals surface area contributed by atoms with Gasteiger partial charge in [0.2, 0.25) is 0 Å². The van der Waals surface area contributed by atoms with Gasteiger partial charge in [-0.25, -0.2) is 4.79 Å². The molecule has 0 atom stereocenters. The minimum absolute atomic E-state index is 0.238. The fraction of sp³-hybridized carbons (Fsp3) is 0.211. The first-order valence-corrected chi connectivity index (χ1v) is 9.40. The number of carboxylic acid groups (broad SMARTS) is 1. The second-order valence-corrected chi connectivity index (χ2v) is 7.32. The van der Waals surface area contributed by atoms with Gasteiger partial charge in [-0.3, -0.25) is 0 Å². The van der Waals surface area contributed by atoms with Gasteiger partial charge in [-0.15, -0.1) is 0 Å². The molecular weight excluding hydrogens is 420 g/mol. The van der Waals surface area contributed by atoms with Crippen molar-refractivity contribution in [2.75, 3.05) is 31.2 Å². The van der Waals surface area contributed by atoms with Crippen LogP contribution in [-0.2, 0) is 4.74 Å². The molecule has 3 aromatic rings. The standard InChI is InChI=1S/C19H16BrClN2O3/c20-14-11-16-13(10-15(14)21)17(22-6-8-26-9-7-22)18(19(24)25)23(16)12-4-2-1-3-5-12/h1-5,10-11H,6-9H2,(H,24,25). The van der Waals surface area contributed by atoms with Crippen LogP contribution in [0.3, 0.4) is 0 Å². The van der Waals surface area contributed by atoms with Gasteiger partial charge in [0.15, 0.2) is 5.69 Å². The zero-order valence-electron chi connectivity index (χ0n) is 13.8. The van der Waals surface area contributed by atoms with Crippen molar-refractivity contribution in [3.05, 3.63) is 57.7 Å². The Morgan fingerprint density at radius 1 is 1.15 bits per heavy atom. The van der Waals surface area contributed by atoms with Crippen LogP contribution in [0.25, 0.3) is 16.6 Å². The van der Waals surface area contributed by atoms with E-state index in [1.807, 2.05) is 42.5 Å². The summed E-state index contributed by atoms with van der Waals surface area (Å²) in [4.78, 5) is 14.3. The minimum atomic E-state index is -0.973. The summed E-state index contributed by atoms with van der Waals surface area (Å²) >= 11 is 9.80. The van der Waals surface area contributed by atoms with Crippen molar-refractivity contribution in [1.29, 1.82) is 0 Å². The highest BCUT2D eigenvalue weighted by molar-refractivity contribution is 9.10. The molecule has 0 radical (unpaired) electrons. The van der Waals surface area contributed by atoms with Gasteiger partial charge in [0.25, 0.3) is 0 Å². The molecule has 1 aliphatic heterocycles. The van der Waals surface area contributed by atoms with E-state index in [9.17, 15) is 9.90 Å². The highest BCUT2D eigenvalue weighted by Crippen LogP contribution is 2.40. The van der Waals surface area contributed by atoms with Crippen molar-refractivity contribution in [2.24, 2.45) is 0 Å². The van der Waals surface area contributed by atoms with Crippen molar-refractivity contribution in [1.82, 2.24) is 4.57 Å². The number of anilines is 1. The molecule has 0 unspecified atom stereocenters. The van der Waals surface area contributed by atoms with E-state index in [0.29, 0.717) is 37.0 Å². The zero-order valence-corrected chi connectivity index (χ0v) is 16.1. The lowest BCUT2D eigenvalue weighted by Gasteiger charge is -2.29. The molecule has 1 aromatic heterocycles. The molecule has 1 N–H and O–H groups in total. The van der Waals surface area contributed by atoms with Gasteiger partial charge in [-0.05, 0) is 40.2 Å². The molecule has 0 amide bonds. The molecule has 2 heterocycles. The highest BCUT2D eigenvalue weighted by Gasteiger charge is 2.28. The Hall–Kier alpha value is -2.02. The second kappa shape index (κ2) is 6.95. The number of aromatic carboxylic acids is 1. The Bertz CT molecular complexity index is 982. The molecule has 0 saturated carbocycles. The number of carbonyl (C=O) groups is 1. The van der Waals surface area contributed by atoms with E-state index in [-0.39, 0.29) is 5.69 Å². The molecule has 7 heteroatoms. The first-order valence-electron chi connectivity index (χ1n) is 8.23. The number of carboxylic acids is 1. The highest BCUT2D eigenvalue weighted by atomic mass is 79.9. The average Bonchev–Trinajstić information content (AvgIpc) is 2.98. The molecule has 1 fully saturated rings. The van der Waals surface area contributed by atoms with Gasteiger partial charge in [-0.2, -0.15) is 0 Å². The van der Waals surface area contributed by atoms with Crippen LogP contribution in [0, 0.1) is 0 Å². The first kappa shape index (κ1) is 17.4. The van der Waals surface area contributed by atoms with E-state index in [1.165, 1.54) is 0 Å². The monoisotopic (exact) mass is 434 g/mol. The van der Waals surface area contributed by atoms with E-state index in [2.05, 4.69) is 20.8 Å². The Kier molecular flexibility index (Phi) is 4.65. The number of fused-ring (bicyclic) bond motifs is 1. The molecule has 5 nitrogen and oxygen atoms in total. The van der Waals surface area contributed by atoms with Gasteiger partial charge in [0, 0.05) is 28.6 Å². The van der Waals surface area contributed by atoms with Crippen molar-refractivity contribution in [3.8, 4) is 5.69 Å². The second-order valence-electron chi connectivity index (χ2n) is 6.06. The van der Waals surface area contributed by atoms with Crippen LogP contribution in [0.15, 0.2) is 46.9 Å². The quantitative estimate of drug-likeness (QED) is 0.654. The number of ether oxygens (including phenoxy) is 1. The van der Waals surface area contributed by atoms with Crippen LogP contribution < -0.4 is 4.90 Å². The summed E-state index contributed by atoms with van der Waals surface area (Å²) in [5.74, 6) is -0.973. The summed E-state index contributed by atoms with van der Waals surface area (Å²) in [6.45, 7) is 2.42. The van der Waals surface area contributed by atoms with Crippen molar-refractivity contribution >= 4 is 50.1 Å². The SMILES string of the molecule is O=C(O)c1c(N2CCOCC2)c2cc(Cl)c(Br)cc2n1-c1ccccc1. The Balaban J connectivity index is 2.10. The summed E-state index contributed by atoms with van der Waals surface area (Å²) in [5, 5.41) is 11.4. The predicted octanol–water partition coefficient (Wildman–Crippen LogP) is 4.58. The summed E-state index contributed by atoms with van der Waals surface area (Å²) < 4.78 is 7.95. The third kappa shape index (κ3) is 2.88. The molecule has 2 aromatic carbocycles. The van der Waals surface area contributed by atoms with Crippen molar-refractivity contribution < 1.29 is 14.6 Å². The fourth-order valence-electron chi connectivity index (χ4n) is 3.41. The smallest absolute Gasteiger partial charge is 0.355 e. The number of hydrogen-bond acceptors (Lipinski definition) is 3. The number of rotatable bonds is 3. The Morgan fingerprint density at radius 3 is 2.50 bits per heavy atom. The predicted molar refractivity (Wildman–Crippen MR) is 106 cm³/mol. The van der Waals surface area contributed by atoms with Crippen LogP contribution in [0.1, 0.15) is 10.5 Å². The Morgan fingerprint density at radius 2 is 1.85 bits per heavy atom. The number of aromatic nitrogens is 1. The first-order chi connectivity index (χ1) is 12.6. The maximum atomic E-state index is 12.3. The fourth-order valence-corrected chi connectivity index (χ4v) is 3.91. The number of halogens is 2. The molecule has 134 valence electrons. The van der Waals surface area contributed by atoms with E-state index in [1.54, 1.807) is 4.57 Å². The zero-order chi connectivity index (χ0) is 18.3. The van der Waals surface area contributed by atoms with Crippen molar-refractivity contribution in [3.63, 3.8) is 0 Å². The van der Waals surface area contributed by atoms with Gasteiger partial charge < -0.3 is 19.3 Å². The van der Waals surface area contributed by atoms with Gasteiger partial charge in [0.05, 0.1) is 29.4 Å². The number of nitrogens with zero attached hydrogens (tertiary/aromatic N) is 2. The van der Waals surface area contributed by atoms with Crippen LogP contribution in [-0.4, -0.2) is 41.9 Å². The molecule has 0 spiro atoms. The van der Waals surface area contributed by atoms with Crippen LogP contribution in [0.2, 0.25) is 5.02 Å². The lowest BCUT2D eigenvalue weighted by molar-refractivity contribution is 0.0688. The maximum Gasteiger partial charge on any atom is 0.355 e. The summed E-state index contributed by atoms with van der Waals surface area (Å²) in [6, 6.07) is 13.2. The summed E-state index contributed by atoms with van der Waals surface area (Å²) in [7, 11) is 0. The number of hydrogen-bond donors (Lipinski definition) is 1. The molecule has 0 bridgehead atoms. The normalized spacial score (nSPS) is 14.8. The van der Waals surface area contributed by atoms with Gasteiger partial charge in [-0.1, -0.05) is 29.8 Å². The third-order valence-electron chi connectivity index (χ3n) is 4.53. The molecule has 4 rings (SSSR count). The summed E-state index contributed by atoms with van der Waals surface area (Å²) in [6.07, 6.45) is 0. The number of para-hydroxylation sites is 1. The summed E-state index contributed by atoms with van der Waals surface area (Å²) in [5.41, 5.74) is 2.52. The molecule has 26 heavy (non-hydrogen) atoms. The van der Waals surface area contributed by atoms with E-state index >= 15 is 0 Å². The van der Waals surface area contributed by atoms with E-state index in [0.717, 1.165) is 21.1 Å².